The summed E-state index contributed by atoms with van der Waals surface area (Å²) in [4.78, 5) is 22.8. The fourth-order valence-corrected chi connectivity index (χ4v) is 2.02. The third-order valence-electron chi connectivity index (χ3n) is 3.03. The van der Waals surface area contributed by atoms with Crippen molar-refractivity contribution < 1.29 is 32.3 Å². The summed E-state index contributed by atoms with van der Waals surface area (Å²) in [7, 11) is 0. The number of nitrogens with zero attached hydrogens (tertiary/aromatic N) is 1. The maximum atomic E-state index is 13.1. The molecule has 1 amide bonds. The fraction of sp³-hybridized carbons (Fsp3) is 0.333. The number of carboxylic acid groups (broad SMARTS) is 1. The van der Waals surface area contributed by atoms with Gasteiger partial charge in [-0.1, -0.05) is 0 Å². The van der Waals surface area contributed by atoms with Crippen LogP contribution in [0.4, 0.5) is 23.2 Å². The lowest BCUT2D eigenvalue weighted by atomic mass is 10.1. The Labute approximate surface area is 110 Å². The van der Waals surface area contributed by atoms with E-state index >= 15 is 0 Å². The number of carboxylic acids is 1. The number of carbonyl (C=O) groups excluding carboxylic acids is 1. The fourth-order valence-electron chi connectivity index (χ4n) is 2.02. The van der Waals surface area contributed by atoms with Crippen LogP contribution in [0.25, 0.3) is 0 Å². The van der Waals surface area contributed by atoms with E-state index in [-0.39, 0.29) is 24.2 Å². The maximum Gasteiger partial charge on any atom is 0.384 e. The molecule has 108 valence electrons. The molecular weight excluding hydrogens is 282 g/mol. The van der Waals surface area contributed by atoms with Crippen molar-refractivity contribution in [2.75, 3.05) is 11.4 Å². The number of halogens is 4. The Balaban J connectivity index is 2.33. The predicted octanol–water partition coefficient (Wildman–Crippen LogP) is 2.17. The average molecular weight is 291 g/mol. The number of amides is 1. The van der Waals surface area contributed by atoms with Gasteiger partial charge in [-0.3, -0.25) is 4.79 Å². The SMILES string of the molecule is O=C(O)c1ccc2c(c1)CCN2C(=O)C(F)(F)C(F)F. The molecule has 0 saturated carbocycles. The van der Waals surface area contributed by atoms with Crippen molar-refractivity contribution in [1.82, 2.24) is 0 Å². The molecule has 0 unspecified atom stereocenters. The van der Waals surface area contributed by atoms with Gasteiger partial charge in [-0.2, -0.15) is 8.78 Å². The molecule has 20 heavy (non-hydrogen) atoms. The number of hydrogen-bond donors (Lipinski definition) is 1. The van der Waals surface area contributed by atoms with Crippen LogP contribution in [0.1, 0.15) is 15.9 Å². The molecule has 8 heteroatoms. The van der Waals surface area contributed by atoms with Gasteiger partial charge in [-0.05, 0) is 30.2 Å². The molecule has 1 N–H and O–H groups in total. The lowest BCUT2D eigenvalue weighted by Crippen LogP contribution is -2.47. The van der Waals surface area contributed by atoms with E-state index in [9.17, 15) is 27.2 Å². The van der Waals surface area contributed by atoms with Crippen molar-refractivity contribution in [3.8, 4) is 0 Å². The van der Waals surface area contributed by atoms with Crippen LogP contribution in [0, 0.1) is 0 Å². The van der Waals surface area contributed by atoms with Crippen molar-refractivity contribution in [3.05, 3.63) is 29.3 Å². The minimum Gasteiger partial charge on any atom is -0.478 e. The second-order valence-corrected chi connectivity index (χ2v) is 4.28. The molecule has 0 aromatic heterocycles. The topological polar surface area (TPSA) is 57.6 Å². The minimum absolute atomic E-state index is 0.0420. The molecule has 4 nitrogen and oxygen atoms in total. The number of benzene rings is 1. The molecular formula is C12H9F4NO3. The van der Waals surface area contributed by atoms with E-state index in [0.29, 0.717) is 10.5 Å². The lowest BCUT2D eigenvalue weighted by Gasteiger charge is -2.23. The van der Waals surface area contributed by atoms with E-state index in [1.165, 1.54) is 12.1 Å². The van der Waals surface area contributed by atoms with Gasteiger partial charge in [-0.15, -0.1) is 0 Å². The van der Waals surface area contributed by atoms with Crippen molar-refractivity contribution in [3.63, 3.8) is 0 Å². The summed E-state index contributed by atoms with van der Waals surface area (Å²) < 4.78 is 50.5. The third kappa shape index (κ3) is 2.21. The second kappa shape index (κ2) is 4.77. The number of alkyl halides is 4. The van der Waals surface area contributed by atoms with Crippen molar-refractivity contribution in [1.29, 1.82) is 0 Å². The zero-order valence-electron chi connectivity index (χ0n) is 9.95. The normalized spacial score (nSPS) is 14.6. The minimum atomic E-state index is -4.76. The van der Waals surface area contributed by atoms with Crippen LogP contribution >= 0.6 is 0 Å². The van der Waals surface area contributed by atoms with E-state index in [1.807, 2.05) is 0 Å². The van der Waals surface area contributed by atoms with E-state index in [1.54, 1.807) is 0 Å². The Morgan fingerprint density at radius 1 is 1.30 bits per heavy atom. The molecule has 0 radical (unpaired) electrons. The van der Waals surface area contributed by atoms with Gasteiger partial charge in [-0.25, -0.2) is 13.6 Å². The summed E-state index contributed by atoms with van der Waals surface area (Å²) >= 11 is 0. The summed E-state index contributed by atoms with van der Waals surface area (Å²) in [5.41, 5.74) is 0.349. The van der Waals surface area contributed by atoms with E-state index in [2.05, 4.69) is 0 Å². The molecule has 1 aromatic carbocycles. The van der Waals surface area contributed by atoms with Crippen LogP contribution in [0.2, 0.25) is 0 Å². The highest BCUT2D eigenvalue weighted by atomic mass is 19.3. The Kier molecular flexibility index (Phi) is 3.41. The predicted molar refractivity (Wildman–Crippen MR) is 60.4 cm³/mol. The van der Waals surface area contributed by atoms with Crippen LogP contribution in [0.5, 0.6) is 0 Å². The molecule has 0 fully saturated rings. The first kappa shape index (κ1) is 14.3. The molecule has 0 bridgehead atoms. The Morgan fingerprint density at radius 2 is 1.95 bits per heavy atom. The molecule has 2 rings (SSSR count). The molecule has 0 atom stereocenters. The van der Waals surface area contributed by atoms with Gasteiger partial charge in [0.05, 0.1) is 5.56 Å². The number of aromatic carboxylic acids is 1. The van der Waals surface area contributed by atoms with Crippen LogP contribution in [-0.2, 0) is 11.2 Å². The maximum absolute atomic E-state index is 13.1. The summed E-state index contributed by atoms with van der Waals surface area (Å²) in [5.74, 6) is -7.93. The van der Waals surface area contributed by atoms with Gasteiger partial charge in [0.1, 0.15) is 0 Å². The molecule has 1 aliphatic heterocycles. The lowest BCUT2D eigenvalue weighted by molar-refractivity contribution is -0.166. The van der Waals surface area contributed by atoms with Gasteiger partial charge in [0.25, 0.3) is 0 Å². The molecule has 1 heterocycles. The number of fused-ring (bicyclic) bond motifs is 1. The average Bonchev–Trinajstić information content (AvgIpc) is 2.80. The van der Waals surface area contributed by atoms with Gasteiger partial charge in [0.2, 0.25) is 0 Å². The number of hydrogen-bond acceptors (Lipinski definition) is 2. The smallest absolute Gasteiger partial charge is 0.384 e. The van der Waals surface area contributed by atoms with Crippen LogP contribution in [-0.4, -0.2) is 35.9 Å². The highest BCUT2D eigenvalue weighted by Crippen LogP contribution is 2.34. The first-order valence-electron chi connectivity index (χ1n) is 5.59. The highest BCUT2D eigenvalue weighted by Gasteiger charge is 2.52. The first-order valence-corrected chi connectivity index (χ1v) is 5.59. The van der Waals surface area contributed by atoms with E-state index in [4.69, 9.17) is 5.11 Å². The Morgan fingerprint density at radius 3 is 2.50 bits per heavy atom. The number of anilines is 1. The molecule has 1 aliphatic rings. The quantitative estimate of drug-likeness (QED) is 0.868. The van der Waals surface area contributed by atoms with E-state index < -0.39 is 24.2 Å². The zero-order chi connectivity index (χ0) is 15.1. The monoisotopic (exact) mass is 291 g/mol. The Hall–Kier alpha value is -2.12. The first-order chi connectivity index (χ1) is 9.25. The third-order valence-corrected chi connectivity index (χ3v) is 3.03. The summed E-state index contributed by atoms with van der Waals surface area (Å²) in [6.45, 7) is -0.181. The van der Waals surface area contributed by atoms with Crippen LogP contribution in [0.3, 0.4) is 0 Å². The number of carbonyl (C=O) groups is 2. The van der Waals surface area contributed by atoms with Gasteiger partial charge in [0.15, 0.2) is 0 Å². The second-order valence-electron chi connectivity index (χ2n) is 4.28. The van der Waals surface area contributed by atoms with E-state index in [0.717, 1.165) is 6.07 Å². The van der Waals surface area contributed by atoms with Gasteiger partial charge < -0.3 is 10.0 Å². The standard InChI is InChI=1S/C12H9F4NO3/c13-10(14)12(15,16)11(20)17-4-3-6-5-7(9(18)19)1-2-8(6)17/h1-2,5,10H,3-4H2,(H,18,19). The van der Waals surface area contributed by atoms with Crippen molar-refractivity contribution in [2.24, 2.45) is 0 Å². The van der Waals surface area contributed by atoms with Crippen molar-refractivity contribution in [2.45, 2.75) is 18.8 Å². The van der Waals surface area contributed by atoms with Gasteiger partial charge in [0, 0.05) is 12.2 Å². The molecule has 0 saturated heterocycles. The zero-order valence-corrected chi connectivity index (χ0v) is 9.95. The summed E-state index contributed by atoms with van der Waals surface area (Å²) in [5, 5.41) is 8.79. The molecule has 0 aliphatic carbocycles. The summed E-state index contributed by atoms with van der Waals surface area (Å²) in [6.07, 6.45) is -3.95. The molecule has 1 aromatic rings. The largest absolute Gasteiger partial charge is 0.478 e. The van der Waals surface area contributed by atoms with Gasteiger partial charge >= 0.3 is 24.2 Å². The van der Waals surface area contributed by atoms with Crippen LogP contribution in [0.15, 0.2) is 18.2 Å². The summed E-state index contributed by atoms with van der Waals surface area (Å²) in [6, 6.07) is 3.55. The van der Waals surface area contributed by atoms with Crippen LogP contribution < -0.4 is 4.90 Å². The van der Waals surface area contributed by atoms with Crippen molar-refractivity contribution >= 4 is 17.6 Å². The Bertz CT molecular complexity index is 574. The highest BCUT2D eigenvalue weighted by molar-refractivity contribution is 6.01. The molecule has 0 spiro atoms. The number of rotatable bonds is 3.